The molecule has 3 aliphatic rings. The van der Waals surface area contributed by atoms with Gasteiger partial charge >= 0.3 is 6.04 Å². The van der Waals surface area contributed by atoms with E-state index in [2.05, 4.69) is 62.7 Å². The Kier molecular flexibility index (Phi) is 5.85. The van der Waals surface area contributed by atoms with Crippen LogP contribution in [0.3, 0.4) is 0 Å². The second kappa shape index (κ2) is 8.72. The van der Waals surface area contributed by atoms with Crippen molar-refractivity contribution in [3.05, 3.63) is 53.7 Å². The summed E-state index contributed by atoms with van der Waals surface area (Å²) in [4.78, 5) is 13.6. The molecule has 2 atom stereocenters. The minimum atomic E-state index is -2.14. The highest BCUT2D eigenvalue weighted by molar-refractivity contribution is 6.02. The number of benzene rings is 2. The van der Waals surface area contributed by atoms with E-state index in [9.17, 15) is 9.18 Å². The first kappa shape index (κ1) is 26.2. The molecule has 2 aliphatic heterocycles. The second-order valence-electron chi connectivity index (χ2n) is 13.2. The maximum atomic E-state index is 14.6. The number of amides is 1. The van der Waals surface area contributed by atoms with Crippen molar-refractivity contribution in [1.82, 2.24) is 4.57 Å². The van der Waals surface area contributed by atoms with E-state index in [1.807, 2.05) is 12.1 Å². The lowest BCUT2D eigenvalue weighted by Crippen LogP contribution is -2.31. The van der Waals surface area contributed by atoms with Crippen molar-refractivity contribution in [2.75, 3.05) is 11.9 Å². The Morgan fingerprint density at radius 1 is 1.08 bits per heavy atom. The van der Waals surface area contributed by atoms with E-state index in [-0.39, 0.29) is 23.3 Å². The average molecular weight is 535 g/mol. The molecule has 0 bridgehead atoms. The van der Waals surface area contributed by atoms with E-state index in [1.165, 1.54) is 11.2 Å². The van der Waals surface area contributed by atoms with Crippen LogP contribution in [0, 0.1) is 5.92 Å². The van der Waals surface area contributed by atoms with Crippen molar-refractivity contribution in [2.24, 2.45) is 5.92 Å². The summed E-state index contributed by atoms with van der Waals surface area (Å²) in [6.07, 6.45) is 2.59. The van der Waals surface area contributed by atoms with E-state index in [0.717, 1.165) is 49.1 Å². The van der Waals surface area contributed by atoms with E-state index >= 15 is 0 Å². The smallest absolute Gasteiger partial charge is 0.407 e. The van der Waals surface area contributed by atoms with E-state index < -0.39 is 11.5 Å². The van der Waals surface area contributed by atoms with Gasteiger partial charge in [0.25, 0.3) is 0 Å². The van der Waals surface area contributed by atoms with Crippen LogP contribution in [0.25, 0.3) is 10.9 Å². The molecule has 1 aromatic heterocycles. The first-order chi connectivity index (χ1) is 18.3. The molecule has 208 valence electrons. The molecule has 0 radical (unpaired) electrons. The molecule has 1 aliphatic carbocycles. The number of anilines is 1. The molecule has 1 saturated carbocycles. The lowest BCUT2D eigenvalue weighted by atomic mass is 9.91. The number of hydrogen-bond acceptors (Lipinski definition) is 4. The molecule has 0 spiro atoms. The van der Waals surface area contributed by atoms with Crippen molar-refractivity contribution in [3.63, 3.8) is 0 Å². The highest BCUT2D eigenvalue weighted by atomic mass is 19.2. The predicted molar refractivity (Wildman–Crippen MR) is 150 cm³/mol. The quantitative estimate of drug-likeness (QED) is 0.362. The van der Waals surface area contributed by atoms with Gasteiger partial charge in [-0.15, -0.1) is 0 Å². The van der Waals surface area contributed by atoms with Gasteiger partial charge in [-0.05, 0) is 75.1 Å². The molecule has 1 N–H and O–H groups in total. The number of halogens is 1. The van der Waals surface area contributed by atoms with E-state index in [4.69, 9.17) is 14.2 Å². The Hall–Kier alpha value is -3.06. The summed E-state index contributed by atoms with van der Waals surface area (Å²) >= 11 is 0. The Labute approximate surface area is 229 Å². The normalized spacial score (nSPS) is 24.7. The fraction of sp³-hybridized carbons (Fsp3) is 0.531. The first-order valence-corrected chi connectivity index (χ1v) is 14.1. The summed E-state index contributed by atoms with van der Waals surface area (Å²) in [6.45, 7) is 14.4. The summed E-state index contributed by atoms with van der Waals surface area (Å²) < 4.78 is 33.8. The number of nitrogens with zero attached hydrogens (tertiary/aromatic N) is 1. The van der Waals surface area contributed by atoms with Crippen LogP contribution in [-0.4, -0.2) is 28.7 Å². The lowest BCUT2D eigenvalue weighted by molar-refractivity contribution is -0.191. The van der Waals surface area contributed by atoms with Gasteiger partial charge in [-0.1, -0.05) is 33.8 Å². The number of carbonyl (C=O) groups is 1. The second-order valence-corrected chi connectivity index (χ2v) is 13.2. The van der Waals surface area contributed by atoms with E-state index in [1.54, 1.807) is 19.1 Å². The zero-order chi connectivity index (χ0) is 27.8. The maximum absolute atomic E-state index is 14.6. The molecule has 6 nitrogen and oxygen atoms in total. The lowest BCUT2D eigenvalue weighted by Gasteiger charge is -2.24. The SMILES string of the molecule is CCC1(F)Oc2ccc(C3(C(=O)Nc4ccc5c(c4)cc(C(C)(C)C)n5CC4COC(C)(C)C4)CC3)cc2O1. The zero-order valence-electron chi connectivity index (χ0n) is 23.8. The van der Waals surface area contributed by atoms with Crippen LogP contribution in [0.15, 0.2) is 42.5 Å². The van der Waals surface area contributed by atoms with Crippen LogP contribution in [0.2, 0.25) is 0 Å². The van der Waals surface area contributed by atoms with Crippen molar-refractivity contribution >= 4 is 22.5 Å². The number of alkyl halides is 1. The van der Waals surface area contributed by atoms with Crippen LogP contribution in [0.5, 0.6) is 11.5 Å². The summed E-state index contributed by atoms with van der Waals surface area (Å²) in [5, 5.41) is 4.28. The van der Waals surface area contributed by atoms with Crippen LogP contribution in [0.1, 0.15) is 78.5 Å². The molecule has 39 heavy (non-hydrogen) atoms. The number of hydrogen-bond donors (Lipinski definition) is 1. The number of nitrogens with one attached hydrogen (secondary N) is 1. The fourth-order valence-corrected chi connectivity index (χ4v) is 6.18. The molecular weight excluding hydrogens is 495 g/mol. The molecule has 3 aromatic rings. The summed E-state index contributed by atoms with van der Waals surface area (Å²) in [5.41, 5.74) is 3.31. The molecular formula is C32H39FN2O4. The van der Waals surface area contributed by atoms with Crippen molar-refractivity contribution < 1.29 is 23.4 Å². The van der Waals surface area contributed by atoms with Gasteiger partial charge in [0.1, 0.15) is 0 Å². The van der Waals surface area contributed by atoms with Crippen LogP contribution in [0.4, 0.5) is 10.1 Å². The number of ether oxygens (including phenoxy) is 3. The topological polar surface area (TPSA) is 61.7 Å². The Bertz CT molecular complexity index is 1450. The predicted octanol–water partition coefficient (Wildman–Crippen LogP) is 7.23. The minimum Gasteiger partial charge on any atom is -0.423 e. The molecule has 1 amide bonds. The van der Waals surface area contributed by atoms with Gasteiger partial charge in [0, 0.05) is 40.2 Å². The molecule has 3 heterocycles. The number of rotatable bonds is 6. The zero-order valence-corrected chi connectivity index (χ0v) is 23.8. The van der Waals surface area contributed by atoms with Crippen molar-refractivity contribution in [3.8, 4) is 11.5 Å². The minimum absolute atomic E-state index is 0.0240. The molecule has 7 heteroatoms. The maximum Gasteiger partial charge on any atom is 0.407 e. The summed E-state index contributed by atoms with van der Waals surface area (Å²) in [5.74, 6) is 1.14. The third kappa shape index (κ3) is 4.69. The first-order valence-electron chi connectivity index (χ1n) is 14.1. The third-order valence-corrected chi connectivity index (χ3v) is 8.49. The standard InChI is InChI=1S/C32H39FN2O4/c1-7-32(33)38-25-11-8-22(16-26(25)39-32)31(12-13-31)28(36)34-23-9-10-24-21(14-23)15-27(29(2,3)4)35(24)18-20-17-30(5,6)37-19-20/h8-11,14-16,20H,7,12-13,17-19H2,1-6H3,(H,34,36). The van der Waals surface area contributed by atoms with Gasteiger partial charge in [0.05, 0.1) is 24.0 Å². The van der Waals surface area contributed by atoms with Gasteiger partial charge in [0.15, 0.2) is 11.5 Å². The fourth-order valence-electron chi connectivity index (χ4n) is 6.18. The van der Waals surface area contributed by atoms with Gasteiger partial charge < -0.3 is 24.1 Å². The summed E-state index contributed by atoms with van der Waals surface area (Å²) in [7, 11) is 0. The Morgan fingerprint density at radius 2 is 1.82 bits per heavy atom. The molecule has 2 aromatic carbocycles. The monoisotopic (exact) mass is 534 g/mol. The van der Waals surface area contributed by atoms with Gasteiger partial charge in [-0.2, -0.15) is 4.39 Å². The number of fused-ring (bicyclic) bond motifs is 2. The Morgan fingerprint density at radius 3 is 2.46 bits per heavy atom. The summed E-state index contributed by atoms with van der Waals surface area (Å²) in [6, 6.07) is 11.6. The Balaban J connectivity index is 1.25. The van der Waals surface area contributed by atoms with Gasteiger partial charge in [0.2, 0.25) is 5.91 Å². The number of carbonyl (C=O) groups excluding carboxylic acids is 1. The highest BCUT2D eigenvalue weighted by Crippen LogP contribution is 2.52. The van der Waals surface area contributed by atoms with Crippen molar-refractivity contribution in [2.45, 2.75) is 96.2 Å². The molecule has 1 saturated heterocycles. The highest BCUT2D eigenvalue weighted by Gasteiger charge is 2.52. The van der Waals surface area contributed by atoms with E-state index in [0.29, 0.717) is 17.4 Å². The van der Waals surface area contributed by atoms with Gasteiger partial charge in [-0.3, -0.25) is 4.79 Å². The molecule has 2 fully saturated rings. The van der Waals surface area contributed by atoms with Crippen molar-refractivity contribution in [1.29, 1.82) is 0 Å². The van der Waals surface area contributed by atoms with Gasteiger partial charge in [-0.25, -0.2) is 0 Å². The average Bonchev–Trinajstić information content (AvgIpc) is 3.35. The van der Waals surface area contributed by atoms with Crippen LogP contribution < -0.4 is 14.8 Å². The molecule has 6 rings (SSSR count). The van der Waals surface area contributed by atoms with Crippen LogP contribution in [-0.2, 0) is 26.9 Å². The molecule has 2 unspecified atom stereocenters. The number of aromatic nitrogens is 1. The van der Waals surface area contributed by atoms with Crippen LogP contribution >= 0.6 is 0 Å². The third-order valence-electron chi connectivity index (χ3n) is 8.49. The largest absolute Gasteiger partial charge is 0.423 e.